The minimum absolute atomic E-state index is 0.00983. The quantitative estimate of drug-likeness (QED) is 0.468. The number of fused-ring (bicyclic) bond motifs is 2. The van der Waals surface area contributed by atoms with E-state index in [9.17, 15) is 9.90 Å². The molecule has 2 N–H and O–H groups in total. The molecule has 0 radical (unpaired) electrons. The van der Waals surface area contributed by atoms with E-state index in [1.54, 1.807) is 17.0 Å². The molecule has 0 spiro atoms. The zero-order valence-electron chi connectivity index (χ0n) is 19.0. The number of phenols is 1. The molecule has 1 fully saturated rings. The Balaban J connectivity index is 1.47. The van der Waals surface area contributed by atoms with Crippen LogP contribution in [-0.2, 0) is 0 Å². The second kappa shape index (κ2) is 8.45. The van der Waals surface area contributed by atoms with Gasteiger partial charge in [0.25, 0.3) is 0 Å². The zero-order chi connectivity index (χ0) is 24.0. The Morgan fingerprint density at radius 2 is 2.00 bits per heavy atom. The van der Waals surface area contributed by atoms with Crippen LogP contribution in [0.2, 0.25) is 0 Å². The first kappa shape index (κ1) is 21.9. The molecule has 176 valence electrons. The van der Waals surface area contributed by atoms with Crippen molar-refractivity contribution in [2.45, 2.75) is 19.9 Å². The van der Waals surface area contributed by atoms with Crippen LogP contribution in [0.5, 0.6) is 23.1 Å². The van der Waals surface area contributed by atoms with Crippen LogP contribution in [-0.4, -0.2) is 68.7 Å². The van der Waals surface area contributed by atoms with Gasteiger partial charge in [-0.2, -0.15) is 0 Å². The summed E-state index contributed by atoms with van der Waals surface area (Å²) < 4.78 is 26.4. The molecular weight excluding hydrogens is 441 g/mol. The molecule has 1 saturated heterocycles. The average Bonchev–Trinajstić information content (AvgIpc) is 3.17. The average molecular weight is 465 g/mol. The molecule has 1 amide bonds. The highest BCUT2D eigenvalue weighted by atomic mass is 19.1. The summed E-state index contributed by atoms with van der Waals surface area (Å²) in [5.74, 6) is -0.767. The summed E-state index contributed by atoms with van der Waals surface area (Å²) in [7, 11) is 1.99. The monoisotopic (exact) mass is 465 g/mol. The second-order valence-electron chi connectivity index (χ2n) is 8.58. The van der Waals surface area contributed by atoms with Gasteiger partial charge in [0, 0.05) is 48.3 Å². The third kappa shape index (κ3) is 3.96. The van der Waals surface area contributed by atoms with Crippen LogP contribution in [0.25, 0.3) is 21.8 Å². The lowest BCUT2D eigenvalue weighted by Crippen LogP contribution is -2.53. The SMILES string of the molecule is Cc1cc2c(F)c(Oc3ncnc4cc(O)c(OC(=O)N5CCN(C)C[C@H]5C)cc34)ccc2[nH]1. The number of ether oxygens (including phenoxy) is 2. The van der Waals surface area contributed by atoms with Gasteiger partial charge in [0.05, 0.1) is 10.9 Å². The minimum atomic E-state index is -0.561. The summed E-state index contributed by atoms with van der Waals surface area (Å²) in [6, 6.07) is 7.68. The van der Waals surface area contributed by atoms with Gasteiger partial charge in [-0.3, -0.25) is 0 Å². The number of nitrogens with zero attached hydrogens (tertiary/aromatic N) is 4. The van der Waals surface area contributed by atoms with Crippen molar-refractivity contribution in [3.63, 3.8) is 0 Å². The van der Waals surface area contributed by atoms with Crippen LogP contribution < -0.4 is 9.47 Å². The first-order valence-corrected chi connectivity index (χ1v) is 10.9. The van der Waals surface area contributed by atoms with Crippen molar-refractivity contribution in [2.75, 3.05) is 26.7 Å². The van der Waals surface area contributed by atoms with Crippen LogP contribution in [0.3, 0.4) is 0 Å². The Hall–Kier alpha value is -3.92. The molecule has 34 heavy (non-hydrogen) atoms. The maximum Gasteiger partial charge on any atom is 0.415 e. The largest absolute Gasteiger partial charge is 0.504 e. The number of likely N-dealkylation sites (N-methyl/N-ethyl adjacent to an activating group) is 1. The predicted octanol–water partition coefficient (Wildman–Crippen LogP) is 4.19. The maximum atomic E-state index is 15.0. The zero-order valence-corrected chi connectivity index (χ0v) is 19.0. The Labute approximate surface area is 194 Å². The summed E-state index contributed by atoms with van der Waals surface area (Å²) in [6.07, 6.45) is 0.694. The molecule has 2 aromatic carbocycles. The molecule has 9 nitrogen and oxygen atoms in total. The third-order valence-electron chi connectivity index (χ3n) is 5.99. The topological polar surface area (TPSA) is 104 Å². The fourth-order valence-electron chi connectivity index (χ4n) is 4.25. The summed E-state index contributed by atoms with van der Waals surface area (Å²) >= 11 is 0. The molecule has 10 heteroatoms. The number of piperazine rings is 1. The van der Waals surface area contributed by atoms with Gasteiger partial charge in [0.1, 0.15) is 6.33 Å². The minimum Gasteiger partial charge on any atom is -0.504 e. The van der Waals surface area contributed by atoms with Gasteiger partial charge in [-0.25, -0.2) is 19.2 Å². The summed E-state index contributed by atoms with van der Waals surface area (Å²) in [4.78, 5) is 27.9. The van der Waals surface area contributed by atoms with Gasteiger partial charge < -0.3 is 29.4 Å². The van der Waals surface area contributed by atoms with Crippen molar-refractivity contribution >= 4 is 27.9 Å². The van der Waals surface area contributed by atoms with Gasteiger partial charge in [0.2, 0.25) is 5.88 Å². The number of aromatic hydroxyl groups is 1. The number of aryl methyl sites for hydroxylation is 1. The first-order chi connectivity index (χ1) is 16.3. The number of H-pyrrole nitrogens is 1. The Morgan fingerprint density at radius 3 is 2.79 bits per heavy atom. The fraction of sp³-hybridized carbons (Fsp3) is 0.292. The van der Waals surface area contributed by atoms with Crippen molar-refractivity contribution in [3.8, 4) is 23.1 Å². The molecule has 0 saturated carbocycles. The number of phenolic OH excluding ortho intramolecular Hbond substituents is 1. The van der Waals surface area contributed by atoms with Crippen molar-refractivity contribution in [3.05, 3.63) is 48.2 Å². The molecule has 1 aliphatic heterocycles. The summed E-state index contributed by atoms with van der Waals surface area (Å²) in [6.45, 7) is 5.75. The van der Waals surface area contributed by atoms with Crippen molar-refractivity contribution < 1.29 is 23.8 Å². The Bertz CT molecular complexity index is 1410. The number of hydrogen-bond acceptors (Lipinski definition) is 7. The van der Waals surface area contributed by atoms with E-state index in [0.29, 0.717) is 28.4 Å². The number of aromatic amines is 1. The molecule has 0 aliphatic carbocycles. The lowest BCUT2D eigenvalue weighted by Gasteiger charge is -2.37. The highest BCUT2D eigenvalue weighted by Crippen LogP contribution is 2.37. The molecule has 2 aromatic heterocycles. The molecule has 0 bridgehead atoms. The third-order valence-corrected chi connectivity index (χ3v) is 5.99. The van der Waals surface area contributed by atoms with Crippen LogP contribution >= 0.6 is 0 Å². The highest BCUT2D eigenvalue weighted by Gasteiger charge is 2.28. The van der Waals surface area contributed by atoms with Gasteiger partial charge in [-0.15, -0.1) is 0 Å². The first-order valence-electron chi connectivity index (χ1n) is 10.9. The lowest BCUT2D eigenvalue weighted by molar-refractivity contribution is 0.0886. The number of carbonyl (C=O) groups is 1. The van der Waals surface area contributed by atoms with E-state index in [1.807, 2.05) is 20.9 Å². The van der Waals surface area contributed by atoms with Crippen LogP contribution in [0.1, 0.15) is 12.6 Å². The predicted molar refractivity (Wildman–Crippen MR) is 124 cm³/mol. The Kier molecular flexibility index (Phi) is 5.45. The number of hydrogen-bond donors (Lipinski definition) is 2. The van der Waals surface area contributed by atoms with E-state index in [-0.39, 0.29) is 29.2 Å². The van der Waals surface area contributed by atoms with Gasteiger partial charge in [-0.05, 0) is 45.2 Å². The van der Waals surface area contributed by atoms with Crippen molar-refractivity contribution in [1.82, 2.24) is 24.8 Å². The molecular formula is C24H24FN5O4. The van der Waals surface area contributed by atoms with E-state index in [0.717, 1.165) is 18.8 Å². The molecule has 1 atom stereocenters. The fourth-order valence-corrected chi connectivity index (χ4v) is 4.25. The molecule has 4 aromatic rings. The number of halogens is 1. The van der Waals surface area contributed by atoms with Crippen LogP contribution in [0.4, 0.5) is 9.18 Å². The van der Waals surface area contributed by atoms with Gasteiger partial charge >= 0.3 is 6.09 Å². The summed E-state index contributed by atoms with van der Waals surface area (Å²) in [5, 5.41) is 11.2. The van der Waals surface area contributed by atoms with E-state index in [4.69, 9.17) is 9.47 Å². The van der Waals surface area contributed by atoms with E-state index in [1.165, 1.54) is 24.5 Å². The normalized spacial score (nSPS) is 16.8. The number of aromatic nitrogens is 3. The number of nitrogens with one attached hydrogen (secondary N) is 1. The molecule has 3 heterocycles. The van der Waals surface area contributed by atoms with Crippen LogP contribution in [0, 0.1) is 12.7 Å². The standard InChI is InChI=1S/C24H24FN5O4/c1-13-8-15-17(28-13)4-5-20(22(15)25)33-23-16-9-21(19(31)10-18(16)26-12-27-23)34-24(32)30-7-6-29(3)11-14(30)2/h4-5,8-10,12,14,28,31H,6-7,11H2,1-3H3/t14-/m1/s1. The van der Waals surface area contributed by atoms with E-state index >= 15 is 4.39 Å². The number of amides is 1. The van der Waals surface area contributed by atoms with Gasteiger partial charge in [-0.1, -0.05) is 0 Å². The Morgan fingerprint density at radius 1 is 1.18 bits per heavy atom. The molecule has 0 unspecified atom stereocenters. The number of carbonyl (C=O) groups excluding carboxylic acids is 1. The number of benzene rings is 2. The molecule has 5 rings (SSSR count). The van der Waals surface area contributed by atoms with Crippen molar-refractivity contribution in [1.29, 1.82) is 0 Å². The number of rotatable bonds is 3. The highest BCUT2D eigenvalue weighted by molar-refractivity contribution is 5.88. The van der Waals surface area contributed by atoms with E-state index < -0.39 is 11.9 Å². The van der Waals surface area contributed by atoms with Crippen LogP contribution in [0.15, 0.2) is 36.7 Å². The lowest BCUT2D eigenvalue weighted by atomic mass is 10.2. The second-order valence-corrected chi connectivity index (χ2v) is 8.58. The summed E-state index contributed by atoms with van der Waals surface area (Å²) in [5.41, 5.74) is 1.84. The molecule has 1 aliphatic rings. The van der Waals surface area contributed by atoms with Gasteiger partial charge in [0.15, 0.2) is 23.1 Å². The maximum absolute atomic E-state index is 15.0. The van der Waals surface area contributed by atoms with Crippen molar-refractivity contribution in [2.24, 2.45) is 0 Å². The van der Waals surface area contributed by atoms with E-state index in [2.05, 4.69) is 19.9 Å². The smallest absolute Gasteiger partial charge is 0.415 e.